The van der Waals surface area contributed by atoms with Crippen molar-refractivity contribution < 1.29 is 24.5 Å². The number of esters is 1. The Hall–Kier alpha value is -1.92. The number of carbonyl (C=O) groups is 2. The van der Waals surface area contributed by atoms with Gasteiger partial charge in [0.05, 0.1) is 25.4 Å². The average Bonchev–Trinajstić information content (AvgIpc) is 3.20. The first-order valence-corrected chi connectivity index (χ1v) is 24.3. The van der Waals surface area contributed by atoms with E-state index in [1.807, 2.05) is 6.08 Å². The SMILES string of the molecule is CCCC/C=C\C/C=C\CCCCCCCC(=O)OCCCCCCCCCCCC(=O)NC(CO)C(O)/C=C/CCCCCCCCCCCCCCCC. The van der Waals surface area contributed by atoms with Gasteiger partial charge in [0.2, 0.25) is 5.91 Å². The molecular formula is C50H93NO5. The van der Waals surface area contributed by atoms with E-state index in [1.54, 1.807) is 6.08 Å². The molecule has 0 aromatic rings. The van der Waals surface area contributed by atoms with E-state index in [-0.39, 0.29) is 18.5 Å². The largest absolute Gasteiger partial charge is 0.466 e. The fourth-order valence-corrected chi connectivity index (χ4v) is 7.12. The molecule has 0 aromatic carbocycles. The molecule has 0 spiro atoms. The van der Waals surface area contributed by atoms with Crippen LogP contribution in [0, 0.1) is 0 Å². The van der Waals surface area contributed by atoms with Crippen molar-refractivity contribution in [3.8, 4) is 0 Å². The van der Waals surface area contributed by atoms with Gasteiger partial charge in [-0.25, -0.2) is 0 Å². The maximum Gasteiger partial charge on any atom is 0.305 e. The number of hydrogen-bond acceptors (Lipinski definition) is 5. The Balaban J connectivity index is 3.56. The molecule has 0 radical (unpaired) electrons. The summed E-state index contributed by atoms with van der Waals surface area (Å²) in [5, 5.41) is 23.0. The Bertz CT molecular complexity index is 915. The lowest BCUT2D eigenvalue weighted by atomic mass is 10.0. The van der Waals surface area contributed by atoms with Crippen LogP contribution in [0.3, 0.4) is 0 Å². The molecule has 0 aromatic heterocycles. The highest BCUT2D eigenvalue weighted by Crippen LogP contribution is 2.15. The molecular weight excluding hydrogens is 695 g/mol. The molecule has 0 aliphatic rings. The summed E-state index contributed by atoms with van der Waals surface area (Å²) >= 11 is 0. The van der Waals surface area contributed by atoms with Gasteiger partial charge in [0, 0.05) is 12.8 Å². The quantitative estimate of drug-likeness (QED) is 0.0325. The molecule has 0 saturated carbocycles. The number of rotatable bonds is 44. The molecule has 0 aliphatic heterocycles. The minimum atomic E-state index is -0.863. The average molecular weight is 788 g/mol. The summed E-state index contributed by atoms with van der Waals surface area (Å²) < 4.78 is 5.43. The molecule has 3 N–H and O–H groups in total. The normalized spacial score (nSPS) is 13.0. The highest BCUT2D eigenvalue weighted by Gasteiger charge is 2.18. The third-order valence-corrected chi connectivity index (χ3v) is 10.9. The van der Waals surface area contributed by atoms with E-state index in [0.717, 1.165) is 70.6 Å². The molecule has 0 rings (SSSR count). The van der Waals surface area contributed by atoms with Crippen LogP contribution in [0.5, 0.6) is 0 Å². The molecule has 0 bridgehead atoms. The van der Waals surface area contributed by atoms with Gasteiger partial charge in [0.1, 0.15) is 0 Å². The van der Waals surface area contributed by atoms with Crippen molar-refractivity contribution in [1.29, 1.82) is 0 Å². The van der Waals surface area contributed by atoms with Crippen molar-refractivity contribution in [1.82, 2.24) is 5.32 Å². The van der Waals surface area contributed by atoms with Gasteiger partial charge < -0.3 is 20.3 Å². The van der Waals surface area contributed by atoms with Gasteiger partial charge in [-0.1, -0.05) is 211 Å². The van der Waals surface area contributed by atoms with Crippen molar-refractivity contribution in [2.75, 3.05) is 13.2 Å². The zero-order chi connectivity index (χ0) is 40.8. The molecule has 2 atom stereocenters. The number of hydrogen-bond donors (Lipinski definition) is 3. The molecule has 0 saturated heterocycles. The molecule has 6 heteroatoms. The first-order chi connectivity index (χ1) is 27.5. The van der Waals surface area contributed by atoms with Crippen LogP contribution in [0.25, 0.3) is 0 Å². The lowest BCUT2D eigenvalue weighted by molar-refractivity contribution is -0.143. The summed E-state index contributed by atoms with van der Waals surface area (Å²) in [5.41, 5.74) is 0. The van der Waals surface area contributed by atoms with Crippen LogP contribution in [0.2, 0.25) is 0 Å². The van der Waals surface area contributed by atoms with E-state index >= 15 is 0 Å². The molecule has 0 fully saturated rings. The predicted octanol–water partition coefficient (Wildman–Crippen LogP) is 14.1. The third kappa shape index (κ3) is 41.7. The molecule has 328 valence electrons. The third-order valence-electron chi connectivity index (χ3n) is 10.9. The van der Waals surface area contributed by atoms with Crippen molar-refractivity contribution in [3.05, 3.63) is 36.5 Å². The summed E-state index contributed by atoms with van der Waals surface area (Å²) in [7, 11) is 0. The molecule has 2 unspecified atom stereocenters. The summed E-state index contributed by atoms with van der Waals surface area (Å²) in [6.07, 6.45) is 54.1. The summed E-state index contributed by atoms with van der Waals surface area (Å²) in [4.78, 5) is 24.4. The highest BCUT2D eigenvalue weighted by atomic mass is 16.5. The maximum atomic E-state index is 12.4. The standard InChI is InChI=1S/C50H93NO5/c1-3-5-7-9-11-13-15-17-19-20-21-23-26-30-34-38-42-48(53)47(46-52)51-49(54)43-39-35-31-27-25-29-33-37-41-45-56-50(55)44-40-36-32-28-24-22-18-16-14-12-10-8-6-4-2/h10,12,16,18,38,42,47-48,52-53H,3-9,11,13-15,17,19-37,39-41,43-46H2,1-2H3,(H,51,54)/b12-10-,18-16-,42-38+. The Kier molecular flexibility index (Phi) is 44.2. The monoisotopic (exact) mass is 788 g/mol. The van der Waals surface area contributed by atoms with Crippen molar-refractivity contribution >= 4 is 11.9 Å². The molecule has 0 heterocycles. The van der Waals surface area contributed by atoms with Crippen LogP contribution >= 0.6 is 0 Å². The van der Waals surface area contributed by atoms with Crippen molar-refractivity contribution in [3.63, 3.8) is 0 Å². The Morgan fingerprint density at radius 3 is 1.41 bits per heavy atom. The number of aliphatic hydroxyl groups is 2. The minimum Gasteiger partial charge on any atom is -0.466 e. The molecule has 0 aliphatic carbocycles. The molecule has 1 amide bonds. The van der Waals surface area contributed by atoms with Crippen LogP contribution in [0.1, 0.15) is 245 Å². The summed E-state index contributed by atoms with van der Waals surface area (Å²) in [6, 6.07) is -0.649. The van der Waals surface area contributed by atoms with Crippen molar-refractivity contribution in [2.45, 2.75) is 257 Å². The smallest absolute Gasteiger partial charge is 0.305 e. The number of carbonyl (C=O) groups excluding carboxylic acids is 2. The van der Waals surface area contributed by atoms with Gasteiger partial charge in [0.25, 0.3) is 0 Å². The fraction of sp³-hybridized carbons (Fsp3) is 0.840. The topological polar surface area (TPSA) is 95.9 Å². The van der Waals surface area contributed by atoms with E-state index < -0.39 is 12.1 Å². The number of allylic oxidation sites excluding steroid dienone is 5. The predicted molar refractivity (Wildman–Crippen MR) is 241 cm³/mol. The molecule has 56 heavy (non-hydrogen) atoms. The Morgan fingerprint density at radius 1 is 0.500 bits per heavy atom. The van der Waals surface area contributed by atoms with E-state index in [1.165, 1.54) is 148 Å². The number of aliphatic hydroxyl groups excluding tert-OH is 2. The first kappa shape index (κ1) is 54.1. The van der Waals surface area contributed by atoms with Crippen LogP contribution in [0.4, 0.5) is 0 Å². The van der Waals surface area contributed by atoms with Gasteiger partial charge in [-0.15, -0.1) is 0 Å². The Labute approximate surface area is 347 Å². The highest BCUT2D eigenvalue weighted by molar-refractivity contribution is 5.76. The second-order valence-electron chi connectivity index (χ2n) is 16.4. The van der Waals surface area contributed by atoms with Gasteiger partial charge in [-0.05, 0) is 57.8 Å². The van der Waals surface area contributed by atoms with Gasteiger partial charge >= 0.3 is 5.97 Å². The number of nitrogens with one attached hydrogen (secondary N) is 1. The fourth-order valence-electron chi connectivity index (χ4n) is 7.12. The van der Waals surface area contributed by atoms with E-state index in [4.69, 9.17) is 4.74 Å². The van der Waals surface area contributed by atoms with E-state index in [2.05, 4.69) is 43.5 Å². The number of ether oxygens (including phenoxy) is 1. The Morgan fingerprint density at radius 2 is 0.911 bits per heavy atom. The summed E-state index contributed by atoms with van der Waals surface area (Å²) in [5.74, 6) is -0.140. The van der Waals surface area contributed by atoms with Crippen LogP contribution in [0.15, 0.2) is 36.5 Å². The lowest BCUT2D eigenvalue weighted by Crippen LogP contribution is -2.45. The van der Waals surface area contributed by atoms with Crippen LogP contribution in [-0.2, 0) is 14.3 Å². The maximum absolute atomic E-state index is 12.4. The summed E-state index contributed by atoms with van der Waals surface area (Å²) in [6.45, 7) is 4.78. The van der Waals surface area contributed by atoms with E-state index in [0.29, 0.717) is 19.4 Å². The number of amides is 1. The van der Waals surface area contributed by atoms with Crippen molar-refractivity contribution in [2.24, 2.45) is 0 Å². The number of unbranched alkanes of at least 4 members (excludes halogenated alkanes) is 29. The van der Waals surface area contributed by atoms with Gasteiger partial charge in [0.15, 0.2) is 0 Å². The minimum absolute atomic E-state index is 0.0425. The second-order valence-corrected chi connectivity index (χ2v) is 16.4. The van der Waals surface area contributed by atoms with Gasteiger partial charge in [-0.3, -0.25) is 9.59 Å². The van der Waals surface area contributed by atoms with Gasteiger partial charge in [-0.2, -0.15) is 0 Å². The van der Waals surface area contributed by atoms with E-state index in [9.17, 15) is 19.8 Å². The first-order valence-electron chi connectivity index (χ1n) is 24.3. The zero-order valence-corrected chi connectivity index (χ0v) is 37.1. The second kappa shape index (κ2) is 45.8. The van der Waals surface area contributed by atoms with Crippen LogP contribution < -0.4 is 5.32 Å². The zero-order valence-electron chi connectivity index (χ0n) is 37.1. The lowest BCUT2D eigenvalue weighted by Gasteiger charge is -2.20. The molecule has 6 nitrogen and oxygen atoms in total. The van der Waals surface area contributed by atoms with Crippen LogP contribution in [-0.4, -0.2) is 47.4 Å².